The molecule has 0 atom stereocenters. The van der Waals surface area contributed by atoms with Crippen LogP contribution in [0.5, 0.6) is 5.75 Å². The van der Waals surface area contributed by atoms with Crippen LogP contribution in [-0.2, 0) is 9.53 Å². The molecule has 2 aromatic carbocycles. The fourth-order valence-corrected chi connectivity index (χ4v) is 3.68. The number of Topliss-reactive ketones (excluding diaryl/α,β-unsaturated/α-hetero) is 1. The minimum atomic E-state index is -0.695. The highest BCUT2D eigenvalue weighted by Crippen LogP contribution is 2.29. The maximum absolute atomic E-state index is 12.5. The number of benzene rings is 2. The Labute approximate surface area is 179 Å². The van der Waals surface area contributed by atoms with Crippen LogP contribution >= 0.6 is 0 Å². The van der Waals surface area contributed by atoms with E-state index in [-0.39, 0.29) is 17.5 Å². The predicted molar refractivity (Wildman–Crippen MR) is 115 cm³/mol. The summed E-state index contributed by atoms with van der Waals surface area (Å²) < 4.78 is 16.3. The van der Waals surface area contributed by atoms with E-state index in [9.17, 15) is 14.4 Å². The Hall–Kier alpha value is -3.61. The van der Waals surface area contributed by atoms with Crippen molar-refractivity contribution < 1.29 is 28.3 Å². The zero-order valence-electron chi connectivity index (χ0n) is 17.5. The van der Waals surface area contributed by atoms with E-state index in [2.05, 4.69) is 0 Å². The fraction of sp³-hybridized carbons (Fsp3) is 0.292. The van der Waals surface area contributed by atoms with Gasteiger partial charge in [-0.25, -0.2) is 4.79 Å². The fourth-order valence-electron chi connectivity index (χ4n) is 3.68. The van der Waals surface area contributed by atoms with Gasteiger partial charge < -0.3 is 18.8 Å². The van der Waals surface area contributed by atoms with Gasteiger partial charge in [0.2, 0.25) is 11.7 Å². The number of carbonyl (C=O) groups excluding carboxylic acids is 3. The van der Waals surface area contributed by atoms with E-state index in [1.807, 2.05) is 13.0 Å². The molecular formula is C24H23NO6. The molecule has 0 spiro atoms. The second-order valence-electron chi connectivity index (χ2n) is 7.34. The Kier molecular flexibility index (Phi) is 5.75. The number of carbonyl (C=O) groups is 3. The van der Waals surface area contributed by atoms with E-state index in [4.69, 9.17) is 13.9 Å². The lowest BCUT2D eigenvalue weighted by atomic mass is 10.1. The summed E-state index contributed by atoms with van der Waals surface area (Å²) in [6.45, 7) is 4.48. The van der Waals surface area contributed by atoms with Crippen LogP contribution in [0.1, 0.15) is 46.2 Å². The third-order valence-electron chi connectivity index (χ3n) is 5.31. The number of fused-ring (bicyclic) bond motifs is 1. The van der Waals surface area contributed by atoms with E-state index in [1.54, 1.807) is 48.2 Å². The molecule has 2 heterocycles. The molecule has 7 nitrogen and oxygen atoms in total. The van der Waals surface area contributed by atoms with Crippen LogP contribution in [0, 0.1) is 6.92 Å². The molecule has 1 saturated heterocycles. The molecule has 0 N–H and O–H groups in total. The molecule has 31 heavy (non-hydrogen) atoms. The number of esters is 1. The van der Waals surface area contributed by atoms with Gasteiger partial charge in [-0.2, -0.15) is 0 Å². The minimum absolute atomic E-state index is 0.0688. The quantitative estimate of drug-likeness (QED) is 0.417. The first-order valence-corrected chi connectivity index (χ1v) is 10.2. The maximum Gasteiger partial charge on any atom is 0.375 e. The number of anilines is 1. The Balaban J connectivity index is 1.42. The smallest absolute Gasteiger partial charge is 0.375 e. The van der Waals surface area contributed by atoms with E-state index in [0.717, 1.165) is 17.5 Å². The largest absolute Gasteiger partial charge is 0.494 e. The van der Waals surface area contributed by atoms with Gasteiger partial charge in [-0.15, -0.1) is 0 Å². The highest BCUT2D eigenvalue weighted by molar-refractivity contribution is 6.01. The first-order valence-electron chi connectivity index (χ1n) is 10.2. The number of ether oxygens (including phenoxy) is 2. The average Bonchev–Trinajstić information content (AvgIpc) is 3.35. The monoisotopic (exact) mass is 421 g/mol. The number of furan rings is 1. The first kappa shape index (κ1) is 20.7. The lowest BCUT2D eigenvalue weighted by molar-refractivity contribution is -0.117. The Morgan fingerprint density at radius 1 is 1.13 bits per heavy atom. The van der Waals surface area contributed by atoms with Crippen molar-refractivity contribution in [2.45, 2.75) is 26.7 Å². The van der Waals surface area contributed by atoms with Gasteiger partial charge in [-0.05, 0) is 62.7 Å². The van der Waals surface area contributed by atoms with Crippen LogP contribution < -0.4 is 9.64 Å². The lowest BCUT2D eigenvalue weighted by Gasteiger charge is -2.15. The molecule has 1 aliphatic heterocycles. The van der Waals surface area contributed by atoms with Crippen LogP contribution in [0.2, 0.25) is 0 Å². The SMILES string of the molecule is CCOc1ccc2oc(C(=O)OCC(=O)c3ccc(N4CCCC4=O)cc3)c(C)c2c1. The summed E-state index contributed by atoms with van der Waals surface area (Å²) in [6.07, 6.45) is 1.38. The molecule has 0 bridgehead atoms. The van der Waals surface area contributed by atoms with Crippen molar-refractivity contribution in [3.63, 3.8) is 0 Å². The highest BCUT2D eigenvalue weighted by atomic mass is 16.5. The van der Waals surface area contributed by atoms with E-state index >= 15 is 0 Å². The molecule has 4 rings (SSSR count). The number of amides is 1. The minimum Gasteiger partial charge on any atom is -0.494 e. The van der Waals surface area contributed by atoms with Crippen LogP contribution in [0.25, 0.3) is 11.0 Å². The molecule has 0 unspecified atom stereocenters. The van der Waals surface area contributed by atoms with Crippen molar-refractivity contribution in [1.29, 1.82) is 0 Å². The van der Waals surface area contributed by atoms with E-state index < -0.39 is 12.6 Å². The van der Waals surface area contributed by atoms with Gasteiger partial charge in [-0.3, -0.25) is 9.59 Å². The number of rotatable bonds is 7. The summed E-state index contributed by atoms with van der Waals surface area (Å²) >= 11 is 0. The van der Waals surface area contributed by atoms with Gasteiger partial charge >= 0.3 is 5.97 Å². The topological polar surface area (TPSA) is 86.1 Å². The van der Waals surface area contributed by atoms with Crippen LogP contribution in [0.3, 0.4) is 0 Å². The van der Waals surface area contributed by atoms with Gasteiger partial charge in [0.1, 0.15) is 11.3 Å². The van der Waals surface area contributed by atoms with Gasteiger partial charge in [-0.1, -0.05) is 0 Å². The van der Waals surface area contributed by atoms with Gasteiger partial charge in [0.25, 0.3) is 0 Å². The first-order chi connectivity index (χ1) is 15.0. The Morgan fingerprint density at radius 2 is 1.90 bits per heavy atom. The summed E-state index contributed by atoms with van der Waals surface area (Å²) in [4.78, 5) is 38.5. The Morgan fingerprint density at radius 3 is 2.58 bits per heavy atom. The third kappa shape index (κ3) is 4.17. The molecule has 0 aliphatic carbocycles. The molecule has 1 aromatic heterocycles. The van der Waals surface area contributed by atoms with Crippen molar-refractivity contribution in [1.82, 2.24) is 0 Å². The summed E-state index contributed by atoms with van der Waals surface area (Å²) in [5.41, 5.74) is 2.35. The van der Waals surface area contributed by atoms with Gasteiger partial charge in [0.05, 0.1) is 6.61 Å². The molecule has 3 aromatic rings. The summed E-state index contributed by atoms with van der Waals surface area (Å²) in [7, 11) is 0. The number of aryl methyl sites for hydroxylation is 1. The number of hydrogen-bond donors (Lipinski definition) is 0. The van der Waals surface area contributed by atoms with Crippen molar-refractivity contribution in [2.75, 3.05) is 24.7 Å². The number of hydrogen-bond acceptors (Lipinski definition) is 6. The van der Waals surface area contributed by atoms with Crippen molar-refractivity contribution in [2.24, 2.45) is 0 Å². The van der Waals surface area contributed by atoms with E-state index in [1.165, 1.54) is 0 Å². The van der Waals surface area contributed by atoms with Gasteiger partial charge in [0, 0.05) is 35.2 Å². The molecule has 160 valence electrons. The van der Waals surface area contributed by atoms with E-state index in [0.29, 0.717) is 42.0 Å². The molecular weight excluding hydrogens is 398 g/mol. The zero-order valence-corrected chi connectivity index (χ0v) is 17.5. The predicted octanol–water partition coefficient (Wildman–Crippen LogP) is 4.31. The lowest BCUT2D eigenvalue weighted by Crippen LogP contribution is -2.23. The van der Waals surface area contributed by atoms with Crippen molar-refractivity contribution in [3.8, 4) is 5.75 Å². The summed E-state index contributed by atoms with van der Waals surface area (Å²) in [5.74, 6) is -0.186. The highest BCUT2D eigenvalue weighted by Gasteiger charge is 2.23. The standard InChI is InChI=1S/C24H23NO6/c1-3-29-18-10-11-21-19(13-18)15(2)23(31-21)24(28)30-14-20(26)16-6-8-17(9-7-16)25-12-4-5-22(25)27/h6-11,13H,3-5,12,14H2,1-2H3. The molecule has 0 saturated carbocycles. The molecule has 0 radical (unpaired) electrons. The van der Waals surface area contributed by atoms with Crippen LogP contribution in [-0.4, -0.2) is 37.4 Å². The zero-order chi connectivity index (χ0) is 22.0. The molecule has 1 fully saturated rings. The Bertz CT molecular complexity index is 1140. The second kappa shape index (κ2) is 8.63. The molecule has 1 aliphatic rings. The molecule has 1 amide bonds. The van der Waals surface area contributed by atoms with Crippen molar-refractivity contribution in [3.05, 3.63) is 59.4 Å². The normalized spacial score (nSPS) is 13.6. The molecule has 7 heteroatoms. The van der Waals surface area contributed by atoms with Crippen molar-refractivity contribution >= 4 is 34.3 Å². The number of nitrogens with zero attached hydrogens (tertiary/aromatic N) is 1. The van der Waals surface area contributed by atoms with Crippen LogP contribution in [0.4, 0.5) is 5.69 Å². The maximum atomic E-state index is 12.5. The average molecular weight is 421 g/mol. The van der Waals surface area contributed by atoms with Crippen LogP contribution in [0.15, 0.2) is 46.9 Å². The summed E-state index contributed by atoms with van der Waals surface area (Å²) in [5, 5.41) is 0.760. The summed E-state index contributed by atoms with van der Waals surface area (Å²) in [6, 6.07) is 12.1. The van der Waals surface area contributed by atoms with Gasteiger partial charge in [0.15, 0.2) is 12.4 Å². The second-order valence-corrected chi connectivity index (χ2v) is 7.34. The number of ketones is 1. The third-order valence-corrected chi connectivity index (χ3v) is 5.31.